The number of carbonyl (C=O) groups excluding carboxylic acids is 1. The highest BCUT2D eigenvalue weighted by Gasteiger charge is 2.35. The molecule has 1 aliphatic heterocycles. The van der Waals surface area contributed by atoms with Crippen LogP contribution in [0.3, 0.4) is 0 Å². The van der Waals surface area contributed by atoms with Crippen molar-refractivity contribution in [3.63, 3.8) is 0 Å². The van der Waals surface area contributed by atoms with Crippen LogP contribution in [0.1, 0.15) is 31.2 Å². The zero-order valence-electron chi connectivity index (χ0n) is 11.1. The molecular formula is C12H19N5O. The quantitative estimate of drug-likeness (QED) is 0.811. The normalized spacial score (nSPS) is 23.7. The van der Waals surface area contributed by atoms with Crippen molar-refractivity contribution in [3.8, 4) is 0 Å². The van der Waals surface area contributed by atoms with Gasteiger partial charge in [-0.05, 0) is 40.2 Å². The number of carbonyl (C=O) groups is 1. The summed E-state index contributed by atoms with van der Waals surface area (Å²) in [7, 11) is 0. The molecule has 0 radical (unpaired) electrons. The van der Waals surface area contributed by atoms with Gasteiger partial charge >= 0.3 is 0 Å². The molecule has 2 N–H and O–H groups in total. The molecule has 2 heterocycles. The van der Waals surface area contributed by atoms with Crippen LogP contribution in [-0.2, 0) is 4.79 Å². The van der Waals surface area contributed by atoms with Crippen LogP contribution in [0.5, 0.6) is 0 Å². The average molecular weight is 249 g/mol. The van der Waals surface area contributed by atoms with E-state index in [4.69, 9.17) is 0 Å². The highest BCUT2D eigenvalue weighted by molar-refractivity contribution is 5.93. The fourth-order valence-electron chi connectivity index (χ4n) is 2.01. The Kier molecular flexibility index (Phi) is 3.56. The lowest BCUT2D eigenvalue weighted by Crippen LogP contribution is -2.46. The lowest BCUT2D eigenvalue weighted by atomic mass is 9.82. The number of aromatic nitrogens is 3. The molecule has 0 aliphatic carbocycles. The topological polar surface area (TPSA) is 79.8 Å². The Morgan fingerprint density at radius 2 is 2.11 bits per heavy atom. The first-order chi connectivity index (χ1) is 8.51. The van der Waals surface area contributed by atoms with E-state index in [0.717, 1.165) is 30.8 Å². The Balaban J connectivity index is 2.08. The van der Waals surface area contributed by atoms with Gasteiger partial charge in [0, 0.05) is 6.54 Å². The van der Waals surface area contributed by atoms with Gasteiger partial charge in [0.25, 0.3) is 0 Å². The van der Waals surface area contributed by atoms with Crippen molar-refractivity contribution in [1.29, 1.82) is 0 Å². The number of nitrogens with one attached hydrogen (secondary N) is 2. The van der Waals surface area contributed by atoms with Crippen molar-refractivity contribution in [2.45, 2.75) is 33.6 Å². The van der Waals surface area contributed by atoms with Crippen LogP contribution in [0.15, 0.2) is 0 Å². The lowest BCUT2D eigenvalue weighted by Gasteiger charge is -2.32. The minimum atomic E-state index is -0.388. The summed E-state index contributed by atoms with van der Waals surface area (Å²) in [6, 6.07) is 0. The molecule has 6 nitrogen and oxygen atoms in total. The van der Waals surface area contributed by atoms with Crippen LogP contribution >= 0.6 is 0 Å². The van der Waals surface area contributed by atoms with E-state index < -0.39 is 0 Å². The van der Waals surface area contributed by atoms with Gasteiger partial charge in [-0.15, -0.1) is 5.10 Å². The predicted octanol–water partition coefficient (Wildman–Crippen LogP) is 0.817. The molecule has 1 aromatic heterocycles. The van der Waals surface area contributed by atoms with Crippen molar-refractivity contribution in [2.75, 3.05) is 18.4 Å². The molecule has 98 valence electrons. The monoisotopic (exact) mass is 249 g/mol. The van der Waals surface area contributed by atoms with Crippen molar-refractivity contribution >= 4 is 11.9 Å². The van der Waals surface area contributed by atoms with Gasteiger partial charge in [0.05, 0.1) is 16.8 Å². The number of amides is 1. The van der Waals surface area contributed by atoms with Crippen LogP contribution < -0.4 is 10.6 Å². The summed E-state index contributed by atoms with van der Waals surface area (Å²) >= 11 is 0. The lowest BCUT2D eigenvalue weighted by molar-refractivity contribution is -0.125. The number of hydrogen-bond donors (Lipinski definition) is 2. The minimum absolute atomic E-state index is 0.0419. The van der Waals surface area contributed by atoms with E-state index in [1.807, 2.05) is 20.8 Å². The fourth-order valence-corrected chi connectivity index (χ4v) is 2.01. The van der Waals surface area contributed by atoms with Gasteiger partial charge < -0.3 is 5.32 Å². The second-order valence-electron chi connectivity index (χ2n) is 5.10. The zero-order chi connectivity index (χ0) is 13.2. The molecule has 0 saturated carbocycles. The molecule has 1 aromatic rings. The van der Waals surface area contributed by atoms with E-state index >= 15 is 0 Å². The predicted molar refractivity (Wildman–Crippen MR) is 68.1 cm³/mol. The first-order valence-corrected chi connectivity index (χ1v) is 6.21. The Hall–Kier alpha value is -1.56. The van der Waals surface area contributed by atoms with Crippen molar-refractivity contribution in [2.24, 2.45) is 5.41 Å². The highest BCUT2D eigenvalue weighted by atomic mass is 16.2. The second-order valence-corrected chi connectivity index (χ2v) is 5.10. The smallest absolute Gasteiger partial charge is 0.249 e. The van der Waals surface area contributed by atoms with E-state index in [0.29, 0.717) is 6.54 Å². The van der Waals surface area contributed by atoms with Crippen molar-refractivity contribution in [1.82, 2.24) is 20.5 Å². The Morgan fingerprint density at radius 1 is 1.33 bits per heavy atom. The van der Waals surface area contributed by atoms with Gasteiger partial charge in [0.1, 0.15) is 0 Å². The largest absolute Gasteiger partial charge is 0.316 e. The minimum Gasteiger partial charge on any atom is -0.316 e. The van der Waals surface area contributed by atoms with E-state index in [1.165, 1.54) is 0 Å². The SMILES string of the molecule is Cc1nnc(NC(=O)C2(C)CCCNC2)nc1C. The number of aryl methyl sites for hydroxylation is 2. The molecule has 1 atom stereocenters. The summed E-state index contributed by atoms with van der Waals surface area (Å²) in [4.78, 5) is 16.4. The zero-order valence-corrected chi connectivity index (χ0v) is 11.1. The van der Waals surface area contributed by atoms with Gasteiger partial charge in [-0.1, -0.05) is 0 Å². The molecule has 0 bridgehead atoms. The molecule has 1 unspecified atom stereocenters. The summed E-state index contributed by atoms with van der Waals surface area (Å²) in [5.74, 6) is 0.245. The molecule has 18 heavy (non-hydrogen) atoms. The van der Waals surface area contributed by atoms with Gasteiger partial charge in [0.15, 0.2) is 0 Å². The van der Waals surface area contributed by atoms with E-state index in [1.54, 1.807) is 0 Å². The average Bonchev–Trinajstić information content (AvgIpc) is 2.35. The molecule has 1 amide bonds. The number of rotatable bonds is 2. The maximum absolute atomic E-state index is 12.2. The third kappa shape index (κ3) is 2.64. The molecule has 1 saturated heterocycles. The number of piperidine rings is 1. The molecule has 1 aliphatic rings. The van der Waals surface area contributed by atoms with Crippen LogP contribution in [0, 0.1) is 19.3 Å². The van der Waals surface area contributed by atoms with Crippen molar-refractivity contribution < 1.29 is 4.79 Å². The Bertz CT molecular complexity index is 454. The van der Waals surface area contributed by atoms with Gasteiger partial charge in [-0.25, -0.2) is 4.98 Å². The Labute approximate surface area is 107 Å². The van der Waals surface area contributed by atoms with Crippen LogP contribution in [0.25, 0.3) is 0 Å². The molecule has 6 heteroatoms. The van der Waals surface area contributed by atoms with Crippen LogP contribution in [0.2, 0.25) is 0 Å². The molecule has 0 aromatic carbocycles. The van der Waals surface area contributed by atoms with E-state index in [-0.39, 0.29) is 17.3 Å². The summed E-state index contributed by atoms with van der Waals surface area (Å²) in [6.45, 7) is 7.32. The third-order valence-electron chi connectivity index (χ3n) is 3.46. The van der Waals surface area contributed by atoms with Gasteiger partial charge in [0.2, 0.25) is 11.9 Å². The molecule has 0 spiro atoms. The maximum atomic E-state index is 12.2. The molecule has 1 fully saturated rings. The summed E-state index contributed by atoms with van der Waals surface area (Å²) in [6.07, 6.45) is 1.89. The number of hydrogen-bond acceptors (Lipinski definition) is 5. The summed E-state index contributed by atoms with van der Waals surface area (Å²) < 4.78 is 0. The highest BCUT2D eigenvalue weighted by Crippen LogP contribution is 2.26. The van der Waals surface area contributed by atoms with E-state index in [2.05, 4.69) is 25.8 Å². The fraction of sp³-hybridized carbons (Fsp3) is 0.667. The van der Waals surface area contributed by atoms with Crippen LogP contribution in [0.4, 0.5) is 5.95 Å². The maximum Gasteiger partial charge on any atom is 0.249 e. The Morgan fingerprint density at radius 3 is 2.72 bits per heavy atom. The third-order valence-corrected chi connectivity index (χ3v) is 3.46. The standard InChI is InChI=1S/C12H19N5O/c1-8-9(2)16-17-11(14-8)15-10(18)12(3)5-4-6-13-7-12/h13H,4-7H2,1-3H3,(H,14,15,17,18). The van der Waals surface area contributed by atoms with E-state index in [9.17, 15) is 4.79 Å². The van der Waals surface area contributed by atoms with Gasteiger partial charge in [-0.3, -0.25) is 10.1 Å². The number of nitrogens with zero attached hydrogens (tertiary/aromatic N) is 3. The molecular weight excluding hydrogens is 230 g/mol. The first kappa shape index (κ1) is 12.9. The summed E-state index contributed by atoms with van der Waals surface area (Å²) in [5.41, 5.74) is 1.17. The van der Waals surface area contributed by atoms with Gasteiger partial charge in [-0.2, -0.15) is 5.10 Å². The number of anilines is 1. The first-order valence-electron chi connectivity index (χ1n) is 6.21. The van der Waals surface area contributed by atoms with Crippen molar-refractivity contribution in [3.05, 3.63) is 11.4 Å². The summed E-state index contributed by atoms with van der Waals surface area (Å²) in [5, 5.41) is 13.9. The van der Waals surface area contributed by atoms with Crippen LogP contribution in [-0.4, -0.2) is 34.2 Å². The molecule has 2 rings (SSSR count). The second kappa shape index (κ2) is 4.97.